The van der Waals surface area contributed by atoms with E-state index in [4.69, 9.17) is 4.74 Å². The molecular formula is C18H23FN4O. The van der Waals surface area contributed by atoms with Gasteiger partial charge >= 0.3 is 0 Å². The molecule has 0 amide bonds. The van der Waals surface area contributed by atoms with Crippen LogP contribution in [0.2, 0.25) is 0 Å². The van der Waals surface area contributed by atoms with Crippen LogP contribution < -0.4 is 0 Å². The third kappa shape index (κ3) is 2.84. The van der Waals surface area contributed by atoms with Gasteiger partial charge in [-0.3, -0.25) is 4.90 Å². The van der Waals surface area contributed by atoms with E-state index in [1.165, 1.54) is 5.56 Å². The van der Waals surface area contributed by atoms with E-state index >= 15 is 0 Å². The third-order valence-corrected chi connectivity index (χ3v) is 5.20. The van der Waals surface area contributed by atoms with Gasteiger partial charge in [-0.1, -0.05) is 6.07 Å². The minimum Gasteiger partial charge on any atom is -0.368 e. The maximum atomic E-state index is 13.8. The Labute approximate surface area is 141 Å². The van der Waals surface area contributed by atoms with Crippen LogP contribution in [0, 0.1) is 5.82 Å². The van der Waals surface area contributed by atoms with Gasteiger partial charge in [-0.15, -0.1) is 10.2 Å². The summed E-state index contributed by atoms with van der Waals surface area (Å²) in [4.78, 5) is 2.43. The lowest BCUT2D eigenvalue weighted by atomic mass is 9.86. The summed E-state index contributed by atoms with van der Waals surface area (Å²) in [6, 6.07) is 5.52. The molecule has 0 radical (unpaired) electrons. The van der Waals surface area contributed by atoms with Crippen molar-refractivity contribution < 1.29 is 9.13 Å². The molecule has 2 aromatic rings. The zero-order valence-corrected chi connectivity index (χ0v) is 14.0. The lowest BCUT2D eigenvalue weighted by molar-refractivity contribution is -0.0533. The van der Waals surface area contributed by atoms with Gasteiger partial charge in [-0.25, -0.2) is 4.39 Å². The van der Waals surface area contributed by atoms with Gasteiger partial charge in [0.2, 0.25) is 0 Å². The second-order valence-electron chi connectivity index (χ2n) is 6.58. The molecule has 1 aromatic heterocycles. The van der Waals surface area contributed by atoms with E-state index in [0.717, 1.165) is 50.3 Å². The number of fused-ring (bicyclic) bond motifs is 1. The van der Waals surface area contributed by atoms with Crippen LogP contribution in [0.25, 0.3) is 0 Å². The van der Waals surface area contributed by atoms with Crippen LogP contribution >= 0.6 is 0 Å². The Kier molecular flexibility index (Phi) is 4.33. The molecule has 1 aromatic carbocycles. The first-order valence-corrected chi connectivity index (χ1v) is 8.78. The van der Waals surface area contributed by atoms with Crippen LogP contribution in [0.15, 0.2) is 24.5 Å². The fourth-order valence-electron chi connectivity index (χ4n) is 3.99. The predicted octanol–water partition coefficient (Wildman–Crippen LogP) is 2.89. The topological polar surface area (TPSA) is 43.2 Å². The summed E-state index contributed by atoms with van der Waals surface area (Å²) in [6.45, 7) is 5.23. The smallest absolute Gasteiger partial charge is 0.163 e. The van der Waals surface area contributed by atoms with Crippen molar-refractivity contribution >= 4 is 0 Å². The Morgan fingerprint density at radius 3 is 3.17 bits per heavy atom. The Bertz CT molecular complexity index is 717. The minimum atomic E-state index is -0.142. The molecule has 2 atom stereocenters. The Hall–Kier alpha value is -1.79. The van der Waals surface area contributed by atoms with Gasteiger partial charge in [0.05, 0.1) is 6.61 Å². The number of halogens is 1. The number of rotatable bonds is 3. The van der Waals surface area contributed by atoms with Crippen LogP contribution in [0.1, 0.15) is 48.9 Å². The highest BCUT2D eigenvalue weighted by Gasteiger charge is 2.32. The molecule has 0 bridgehead atoms. The molecule has 2 aliphatic rings. The summed E-state index contributed by atoms with van der Waals surface area (Å²) >= 11 is 0. The molecule has 5 nitrogen and oxygen atoms in total. The van der Waals surface area contributed by atoms with Gasteiger partial charge in [0.15, 0.2) is 5.82 Å². The van der Waals surface area contributed by atoms with Crippen molar-refractivity contribution in [2.75, 3.05) is 19.7 Å². The highest BCUT2D eigenvalue weighted by Crippen LogP contribution is 2.37. The summed E-state index contributed by atoms with van der Waals surface area (Å²) in [5.74, 6) is 0.744. The van der Waals surface area contributed by atoms with Crippen LogP contribution in [-0.4, -0.2) is 39.4 Å². The number of benzene rings is 1. The quantitative estimate of drug-likeness (QED) is 0.868. The van der Waals surface area contributed by atoms with Gasteiger partial charge in [0.1, 0.15) is 18.2 Å². The molecule has 2 unspecified atom stereocenters. The lowest BCUT2D eigenvalue weighted by Gasteiger charge is -2.40. The van der Waals surface area contributed by atoms with E-state index in [0.29, 0.717) is 6.61 Å². The van der Waals surface area contributed by atoms with Crippen molar-refractivity contribution in [2.24, 2.45) is 0 Å². The lowest BCUT2D eigenvalue weighted by Crippen LogP contribution is -2.42. The average Bonchev–Trinajstić information content (AvgIpc) is 3.10. The number of morpholine rings is 1. The van der Waals surface area contributed by atoms with Crippen molar-refractivity contribution in [1.29, 1.82) is 0 Å². The molecule has 6 heteroatoms. The van der Waals surface area contributed by atoms with Crippen molar-refractivity contribution in [3.63, 3.8) is 0 Å². The first kappa shape index (κ1) is 15.7. The number of aryl methyl sites for hydroxylation is 2. The monoisotopic (exact) mass is 330 g/mol. The summed E-state index contributed by atoms with van der Waals surface area (Å²) < 4.78 is 21.8. The maximum absolute atomic E-state index is 13.8. The molecule has 4 rings (SSSR count). The molecule has 1 aliphatic carbocycles. The molecule has 0 spiro atoms. The molecular weight excluding hydrogens is 307 g/mol. The van der Waals surface area contributed by atoms with Gasteiger partial charge < -0.3 is 9.30 Å². The first-order valence-electron chi connectivity index (χ1n) is 8.78. The SMILES string of the molecule is CCn1cnnc1C1CN(C2CCCc3ccc(F)cc32)CCO1. The van der Waals surface area contributed by atoms with Crippen LogP contribution in [0.4, 0.5) is 4.39 Å². The van der Waals surface area contributed by atoms with Crippen molar-refractivity contribution in [3.05, 3.63) is 47.3 Å². The largest absolute Gasteiger partial charge is 0.368 e. The third-order valence-electron chi connectivity index (χ3n) is 5.20. The number of hydrogen-bond donors (Lipinski definition) is 0. The van der Waals surface area contributed by atoms with Gasteiger partial charge in [0.25, 0.3) is 0 Å². The molecule has 2 heterocycles. The normalized spacial score (nSPS) is 24.8. The Morgan fingerprint density at radius 2 is 2.29 bits per heavy atom. The number of nitrogens with zero attached hydrogens (tertiary/aromatic N) is 4. The van der Waals surface area contributed by atoms with Crippen molar-refractivity contribution in [1.82, 2.24) is 19.7 Å². The molecule has 1 saturated heterocycles. The molecule has 128 valence electrons. The number of ether oxygens (including phenoxy) is 1. The molecule has 24 heavy (non-hydrogen) atoms. The Balaban J connectivity index is 1.58. The average molecular weight is 330 g/mol. The fraction of sp³-hybridized carbons (Fsp3) is 0.556. The van der Waals surface area contributed by atoms with Gasteiger partial charge in [-0.2, -0.15) is 0 Å². The van der Waals surface area contributed by atoms with Crippen LogP contribution in [-0.2, 0) is 17.7 Å². The summed E-state index contributed by atoms with van der Waals surface area (Å²) in [7, 11) is 0. The second-order valence-corrected chi connectivity index (χ2v) is 6.58. The summed E-state index contributed by atoms with van der Waals surface area (Å²) in [5, 5.41) is 8.27. The van der Waals surface area contributed by atoms with E-state index in [1.807, 2.05) is 10.6 Å². The second kappa shape index (κ2) is 6.61. The zero-order chi connectivity index (χ0) is 16.5. The van der Waals surface area contributed by atoms with Gasteiger partial charge in [-0.05, 0) is 49.4 Å². The minimum absolute atomic E-state index is 0.0693. The fourth-order valence-corrected chi connectivity index (χ4v) is 3.99. The zero-order valence-electron chi connectivity index (χ0n) is 14.0. The van der Waals surface area contributed by atoms with E-state index in [1.54, 1.807) is 18.5 Å². The van der Waals surface area contributed by atoms with E-state index < -0.39 is 0 Å². The van der Waals surface area contributed by atoms with E-state index in [2.05, 4.69) is 22.0 Å². The standard InChI is InChI=1S/C18H23FN4O/c1-2-22-12-20-21-18(22)17-11-23(8-9-24-17)16-5-3-4-13-6-7-14(19)10-15(13)16/h6-7,10,12,16-17H,2-5,8-9,11H2,1H3. The number of hydrogen-bond acceptors (Lipinski definition) is 4. The van der Waals surface area contributed by atoms with Gasteiger partial charge in [0, 0.05) is 25.7 Å². The number of aromatic nitrogens is 3. The Morgan fingerprint density at radius 1 is 1.38 bits per heavy atom. The molecule has 1 aliphatic heterocycles. The maximum Gasteiger partial charge on any atom is 0.163 e. The van der Waals surface area contributed by atoms with Crippen molar-refractivity contribution in [2.45, 2.75) is 44.9 Å². The highest BCUT2D eigenvalue weighted by molar-refractivity contribution is 5.33. The van der Waals surface area contributed by atoms with Crippen molar-refractivity contribution in [3.8, 4) is 0 Å². The molecule has 0 N–H and O–H groups in total. The summed E-state index contributed by atoms with van der Waals surface area (Å²) in [5.41, 5.74) is 2.44. The molecule has 1 fully saturated rings. The highest BCUT2D eigenvalue weighted by atomic mass is 19.1. The molecule has 0 saturated carbocycles. The predicted molar refractivity (Wildman–Crippen MR) is 88.0 cm³/mol. The van der Waals surface area contributed by atoms with Crippen LogP contribution in [0.5, 0.6) is 0 Å². The van der Waals surface area contributed by atoms with Crippen LogP contribution in [0.3, 0.4) is 0 Å². The van der Waals surface area contributed by atoms with E-state index in [-0.39, 0.29) is 18.0 Å². The van der Waals surface area contributed by atoms with E-state index in [9.17, 15) is 4.39 Å². The summed E-state index contributed by atoms with van der Waals surface area (Å²) in [6.07, 6.45) is 4.95. The first-order chi connectivity index (χ1) is 11.8.